The number of nitrogens with zero attached hydrogens (tertiary/aromatic N) is 1. The van der Waals surface area contributed by atoms with Crippen LogP contribution in [0.5, 0.6) is 0 Å². The summed E-state index contributed by atoms with van der Waals surface area (Å²) in [6.07, 6.45) is 9.88. The third-order valence-electron chi connectivity index (χ3n) is 8.95. The number of nitrogens with two attached hydrogens (primary N) is 1. The van der Waals surface area contributed by atoms with Crippen molar-refractivity contribution in [2.75, 3.05) is 0 Å². The summed E-state index contributed by atoms with van der Waals surface area (Å²) in [6.45, 7) is 7.28. The molecule has 0 heterocycles. The first-order valence-electron chi connectivity index (χ1n) is 9.85. The van der Waals surface area contributed by atoms with E-state index in [1.54, 1.807) is 0 Å². The topological polar surface area (TPSA) is 58.6 Å². The van der Waals surface area contributed by atoms with Gasteiger partial charge >= 0.3 is 0 Å². The van der Waals surface area contributed by atoms with Crippen LogP contribution in [-0.4, -0.2) is 16.9 Å². The summed E-state index contributed by atoms with van der Waals surface area (Å²) >= 11 is 0. The van der Waals surface area contributed by atoms with Crippen LogP contribution in [0.2, 0.25) is 0 Å². The molecule has 0 unspecified atom stereocenters. The lowest BCUT2D eigenvalue weighted by molar-refractivity contribution is -0.116. The van der Waals surface area contributed by atoms with Crippen LogP contribution < -0.4 is 5.84 Å². The molecule has 23 heavy (non-hydrogen) atoms. The van der Waals surface area contributed by atoms with Crippen LogP contribution >= 0.6 is 0 Å². The second-order valence-corrected chi connectivity index (χ2v) is 9.72. The molecule has 4 saturated carbocycles. The van der Waals surface area contributed by atoms with Gasteiger partial charge in [0.2, 0.25) is 0 Å². The molecule has 3 nitrogen and oxygen atoms in total. The molecule has 0 aromatic heterocycles. The highest BCUT2D eigenvalue weighted by Gasteiger charge is 2.60. The molecule has 0 bridgehead atoms. The highest BCUT2D eigenvalue weighted by molar-refractivity contribution is 5.87. The minimum absolute atomic E-state index is 0.0553. The van der Waals surface area contributed by atoms with Crippen molar-refractivity contribution in [3.8, 4) is 0 Å². The van der Waals surface area contributed by atoms with Crippen LogP contribution in [0.3, 0.4) is 0 Å². The zero-order chi connectivity index (χ0) is 16.4. The fourth-order valence-electron chi connectivity index (χ4n) is 7.57. The highest BCUT2D eigenvalue weighted by atomic mass is 16.3. The number of hydrogen-bond acceptors (Lipinski definition) is 3. The molecule has 0 saturated heterocycles. The summed E-state index contributed by atoms with van der Waals surface area (Å²) in [7, 11) is 0. The Labute approximate surface area is 141 Å². The zero-order valence-corrected chi connectivity index (χ0v) is 15.1. The first-order valence-corrected chi connectivity index (χ1v) is 9.85. The molecule has 0 aliphatic heterocycles. The molecule has 4 aliphatic rings. The molecule has 3 heteroatoms. The van der Waals surface area contributed by atoms with Crippen molar-refractivity contribution in [1.82, 2.24) is 0 Å². The fourth-order valence-corrected chi connectivity index (χ4v) is 7.57. The van der Waals surface area contributed by atoms with E-state index in [0.717, 1.165) is 36.5 Å². The van der Waals surface area contributed by atoms with Crippen molar-refractivity contribution < 1.29 is 5.11 Å². The molecule has 4 rings (SSSR count). The Kier molecular flexibility index (Phi) is 3.61. The predicted molar refractivity (Wildman–Crippen MR) is 93.9 cm³/mol. The molecular weight excluding hydrogens is 284 g/mol. The van der Waals surface area contributed by atoms with Gasteiger partial charge in [0.15, 0.2) is 0 Å². The predicted octanol–water partition coefficient (Wildman–Crippen LogP) is 3.95. The van der Waals surface area contributed by atoms with Crippen LogP contribution in [0.4, 0.5) is 0 Å². The van der Waals surface area contributed by atoms with Crippen molar-refractivity contribution in [3.05, 3.63) is 0 Å². The van der Waals surface area contributed by atoms with Crippen LogP contribution in [0.15, 0.2) is 5.10 Å². The lowest BCUT2D eigenvalue weighted by Gasteiger charge is -2.61. The Bertz CT molecular complexity index is 518. The van der Waals surface area contributed by atoms with E-state index in [4.69, 9.17) is 5.84 Å². The van der Waals surface area contributed by atoms with Gasteiger partial charge in [-0.15, -0.1) is 0 Å². The fraction of sp³-hybridized carbons (Fsp3) is 0.950. The summed E-state index contributed by atoms with van der Waals surface area (Å²) in [5, 5.41) is 14.7. The van der Waals surface area contributed by atoms with E-state index in [1.807, 2.05) is 0 Å². The number of aliphatic hydroxyl groups is 1. The highest BCUT2D eigenvalue weighted by Crippen LogP contribution is 2.66. The van der Waals surface area contributed by atoms with Gasteiger partial charge in [-0.1, -0.05) is 20.8 Å². The van der Waals surface area contributed by atoms with Crippen molar-refractivity contribution >= 4 is 5.71 Å². The summed E-state index contributed by atoms with van der Waals surface area (Å²) in [5.74, 6) is 9.43. The summed E-state index contributed by atoms with van der Waals surface area (Å²) in [5.41, 5.74) is 1.92. The molecule has 130 valence electrons. The van der Waals surface area contributed by atoms with Gasteiger partial charge in [-0.3, -0.25) is 0 Å². The first-order chi connectivity index (χ1) is 10.9. The van der Waals surface area contributed by atoms with Crippen molar-refractivity contribution in [2.45, 2.75) is 78.2 Å². The van der Waals surface area contributed by atoms with Gasteiger partial charge < -0.3 is 10.9 Å². The van der Waals surface area contributed by atoms with Crippen LogP contribution in [0.25, 0.3) is 0 Å². The molecule has 0 aromatic carbocycles. The summed E-state index contributed by atoms with van der Waals surface area (Å²) in [4.78, 5) is 0. The Morgan fingerprint density at radius 3 is 2.52 bits per heavy atom. The second kappa shape index (κ2) is 5.21. The third-order valence-corrected chi connectivity index (χ3v) is 8.95. The molecule has 0 radical (unpaired) electrons. The number of fused-ring (bicyclic) bond motifs is 5. The summed E-state index contributed by atoms with van der Waals surface area (Å²) in [6, 6.07) is 0. The van der Waals surface area contributed by atoms with E-state index in [2.05, 4.69) is 25.9 Å². The van der Waals surface area contributed by atoms with E-state index in [0.29, 0.717) is 11.3 Å². The summed E-state index contributed by atoms with van der Waals surface area (Å²) < 4.78 is 0. The van der Waals surface area contributed by atoms with Crippen LogP contribution in [-0.2, 0) is 0 Å². The van der Waals surface area contributed by atoms with E-state index in [9.17, 15) is 5.11 Å². The molecule has 0 amide bonds. The monoisotopic (exact) mass is 318 g/mol. The molecular formula is C20H34N2O. The van der Waals surface area contributed by atoms with E-state index >= 15 is 0 Å². The van der Waals surface area contributed by atoms with Gasteiger partial charge in [0, 0.05) is 5.71 Å². The number of hydrogen-bond donors (Lipinski definition) is 2. The maximum Gasteiger partial charge on any atom is 0.0596 e. The lowest BCUT2D eigenvalue weighted by Crippen LogP contribution is -2.55. The van der Waals surface area contributed by atoms with Crippen LogP contribution in [0, 0.1) is 40.4 Å². The zero-order valence-electron chi connectivity index (χ0n) is 15.1. The lowest BCUT2D eigenvalue weighted by atomic mass is 9.44. The molecule has 0 aromatic rings. The minimum atomic E-state index is -0.0553. The average molecular weight is 319 g/mol. The molecule has 3 N–H and O–H groups in total. The van der Waals surface area contributed by atoms with E-state index in [1.165, 1.54) is 44.2 Å². The Morgan fingerprint density at radius 2 is 1.78 bits per heavy atom. The molecule has 0 spiro atoms. The number of aliphatic hydroxyl groups excluding tert-OH is 1. The van der Waals surface area contributed by atoms with Gasteiger partial charge in [0.1, 0.15) is 0 Å². The first kappa shape index (κ1) is 15.9. The second-order valence-electron chi connectivity index (χ2n) is 9.72. The van der Waals surface area contributed by atoms with E-state index in [-0.39, 0.29) is 11.5 Å². The molecule has 4 fully saturated rings. The van der Waals surface area contributed by atoms with Gasteiger partial charge in [-0.25, -0.2) is 0 Å². The van der Waals surface area contributed by atoms with E-state index < -0.39 is 0 Å². The SMILES string of the molecule is C[C@H]1C[C@@]2(C)[C@@H](CC[C@@H]3[C@@H]2CC[C@]2(C)[C@@H](O)CC[C@@H]32)C/C1=N\N. The standard InChI is InChI=1S/C20H34N2O/c1-12-11-20(3)13(10-17(12)22-21)4-5-14-15-6-7-18(23)19(15,2)9-8-16(14)20/h12-16,18,23H,4-11,21H2,1-3H3/b22-17+/t12-,13-,14-,15-,16-,18-,19-,20-/m0/s1. The maximum atomic E-state index is 10.5. The average Bonchev–Trinajstić information content (AvgIpc) is 2.82. The van der Waals surface area contributed by atoms with Gasteiger partial charge in [-0.2, -0.15) is 5.10 Å². The number of rotatable bonds is 0. The van der Waals surface area contributed by atoms with Crippen LogP contribution in [0.1, 0.15) is 72.1 Å². The Morgan fingerprint density at radius 1 is 1.04 bits per heavy atom. The third kappa shape index (κ3) is 2.08. The van der Waals surface area contributed by atoms with Gasteiger partial charge in [-0.05, 0) is 91.8 Å². The van der Waals surface area contributed by atoms with Gasteiger partial charge in [0.05, 0.1) is 6.10 Å². The molecule has 8 atom stereocenters. The minimum Gasteiger partial charge on any atom is -0.393 e. The number of hydrazone groups is 1. The van der Waals surface area contributed by atoms with Gasteiger partial charge in [0.25, 0.3) is 0 Å². The van der Waals surface area contributed by atoms with Crippen molar-refractivity contribution in [3.63, 3.8) is 0 Å². The Balaban J connectivity index is 1.63. The maximum absolute atomic E-state index is 10.5. The quantitative estimate of drug-likeness (QED) is 0.525. The molecule has 4 aliphatic carbocycles. The largest absolute Gasteiger partial charge is 0.393 e. The Hall–Kier alpha value is -0.570. The van der Waals surface area contributed by atoms with Crippen molar-refractivity contribution in [1.29, 1.82) is 0 Å². The smallest absolute Gasteiger partial charge is 0.0596 e. The van der Waals surface area contributed by atoms with Crippen molar-refractivity contribution in [2.24, 2.45) is 51.4 Å². The normalized spacial score (nSPS) is 57.7.